The summed E-state index contributed by atoms with van der Waals surface area (Å²) >= 11 is 12.3. The Labute approximate surface area is 194 Å². The second-order valence-corrected chi connectivity index (χ2v) is 8.50. The maximum absolute atomic E-state index is 9.42. The number of fused-ring (bicyclic) bond motifs is 3. The maximum Gasteiger partial charge on any atom is 0.207 e. The monoisotopic (exact) mass is 457 g/mol. The Kier molecular flexibility index (Phi) is 4.78. The highest BCUT2D eigenvalue weighted by Crippen LogP contribution is 2.33. The van der Waals surface area contributed by atoms with Crippen molar-refractivity contribution in [3.63, 3.8) is 0 Å². The number of rotatable bonds is 2. The van der Waals surface area contributed by atoms with Crippen LogP contribution < -0.4 is 5.62 Å². The van der Waals surface area contributed by atoms with E-state index in [1.54, 1.807) is 22.9 Å². The number of imidazole rings is 1. The zero-order chi connectivity index (χ0) is 22.6. The third kappa shape index (κ3) is 3.08. The Morgan fingerprint density at radius 2 is 1.72 bits per heavy atom. The second-order valence-electron chi connectivity index (χ2n) is 7.68. The molecule has 0 aliphatic carbocycles. The summed E-state index contributed by atoms with van der Waals surface area (Å²) in [4.78, 5) is 4.62. The summed E-state index contributed by atoms with van der Waals surface area (Å²) in [6.45, 7) is 1.98. The van der Waals surface area contributed by atoms with Crippen LogP contribution in [0.3, 0.4) is 0 Å². The largest absolute Gasteiger partial charge is 0.312 e. The summed E-state index contributed by atoms with van der Waals surface area (Å²) in [5.74, 6) is 0. The van der Waals surface area contributed by atoms with E-state index in [-0.39, 0.29) is 0 Å². The third-order valence-corrected chi connectivity index (χ3v) is 6.51. The fourth-order valence-electron chi connectivity index (χ4n) is 4.03. The van der Waals surface area contributed by atoms with Gasteiger partial charge in [0.1, 0.15) is 0 Å². The zero-order valence-electron chi connectivity index (χ0n) is 17.3. The predicted molar refractivity (Wildman–Crippen MR) is 128 cm³/mol. The molecular weight excluding hydrogens is 441 g/mol. The topological polar surface area (TPSA) is 70.4 Å². The fraction of sp³-hybridized carbons (Fsp3) is 0.0800. The molecule has 0 saturated carbocycles. The van der Waals surface area contributed by atoms with Crippen molar-refractivity contribution < 1.29 is 0 Å². The van der Waals surface area contributed by atoms with Crippen LogP contribution in [0.25, 0.3) is 38.8 Å². The average Bonchev–Trinajstić information content (AvgIpc) is 3.06. The van der Waals surface area contributed by atoms with Gasteiger partial charge in [0, 0.05) is 12.4 Å². The molecule has 0 spiro atoms. The molecule has 3 aromatic carbocycles. The first-order valence-electron chi connectivity index (χ1n) is 9.90. The lowest BCUT2D eigenvalue weighted by molar-refractivity contribution is 0.786. The van der Waals surface area contributed by atoms with Crippen molar-refractivity contribution in [2.24, 2.45) is 7.05 Å². The molecule has 0 bridgehead atoms. The Morgan fingerprint density at radius 1 is 0.969 bits per heavy atom. The van der Waals surface area contributed by atoms with Gasteiger partial charge in [0.25, 0.3) is 0 Å². The van der Waals surface area contributed by atoms with Gasteiger partial charge in [0.05, 0.1) is 50.1 Å². The van der Waals surface area contributed by atoms with Crippen LogP contribution in [0.4, 0.5) is 0 Å². The number of aromatic nitrogens is 3. The predicted octanol–water partition coefficient (Wildman–Crippen LogP) is 6.15. The molecule has 7 heteroatoms. The smallest absolute Gasteiger partial charge is 0.207 e. The molecule has 2 heterocycles. The third-order valence-electron chi connectivity index (χ3n) is 5.77. The normalized spacial score (nSPS) is 11.2. The van der Waals surface area contributed by atoms with Crippen LogP contribution in [0.5, 0.6) is 0 Å². The molecule has 0 aliphatic heterocycles. The molecule has 5 rings (SSSR count). The van der Waals surface area contributed by atoms with Crippen LogP contribution in [0, 0.1) is 23.7 Å². The van der Waals surface area contributed by atoms with Gasteiger partial charge in [0.15, 0.2) is 0 Å². The molecule has 0 atom stereocenters. The van der Waals surface area contributed by atoms with E-state index in [9.17, 15) is 5.26 Å². The molecule has 2 aromatic heterocycles. The number of aryl methyl sites for hydroxylation is 2. The van der Waals surface area contributed by atoms with Crippen molar-refractivity contribution >= 4 is 45.1 Å². The number of benzene rings is 3. The van der Waals surface area contributed by atoms with Gasteiger partial charge >= 0.3 is 0 Å². The molecular formula is C25H17Cl2N5. The number of hydrogen-bond donors (Lipinski definition) is 1. The lowest BCUT2D eigenvalue weighted by Crippen LogP contribution is -2.21. The van der Waals surface area contributed by atoms with Crippen molar-refractivity contribution in [3.8, 4) is 22.9 Å². The van der Waals surface area contributed by atoms with Gasteiger partial charge in [-0.1, -0.05) is 41.4 Å². The average molecular weight is 458 g/mol. The highest BCUT2D eigenvalue weighted by Gasteiger charge is 2.17. The van der Waals surface area contributed by atoms with E-state index in [0.717, 1.165) is 44.3 Å². The number of nitrogens with one attached hydrogen (secondary N) is 1. The molecule has 0 radical (unpaired) electrons. The van der Waals surface area contributed by atoms with Gasteiger partial charge in [-0.2, -0.15) is 5.26 Å². The Bertz CT molecular complexity index is 1650. The first-order valence-corrected chi connectivity index (χ1v) is 10.7. The molecule has 0 saturated heterocycles. The van der Waals surface area contributed by atoms with Crippen LogP contribution in [-0.4, -0.2) is 14.1 Å². The lowest BCUT2D eigenvalue weighted by Gasteiger charge is -2.11. The first kappa shape index (κ1) is 20.3. The van der Waals surface area contributed by atoms with E-state index in [0.29, 0.717) is 21.2 Å². The first-order chi connectivity index (χ1) is 15.4. The molecule has 1 N–H and O–H groups in total. The minimum Gasteiger partial charge on any atom is -0.312 e. The number of nitriles is 1. The van der Waals surface area contributed by atoms with E-state index in [4.69, 9.17) is 28.6 Å². The molecule has 32 heavy (non-hydrogen) atoms. The van der Waals surface area contributed by atoms with Crippen LogP contribution in [0.2, 0.25) is 10.0 Å². The van der Waals surface area contributed by atoms with E-state index in [2.05, 4.69) is 17.1 Å². The lowest BCUT2D eigenvalue weighted by atomic mass is 10.0. The molecule has 5 nitrogen and oxygen atoms in total. The summed E-state index contributed by atoms with van der Waals surface area (Å²) in [6, 6.07) is 19.3. The Balaban J connectivity index is 1.89. The van der Waals surface area contributed by atoms with Crippen molar-refractivity contribution in [2.45, 2.75) is 6.92 Å². The van der Waals surface area contributed by atoms with Crippen molar-refractivity contribution in [1.82, 2.24) is 14.1 Å². The van der Waals surface area contributed by atoms with E-state index < -0.39 is 0 Å². The highest BCUT2D eigenvalue weighted by molar-refractivity contribution is 6.42. The molecule has 0 unspecified atom stereocenters. The van der Waals surface area contributed by atoms with Crippen LogP contribution in [-0.2, 0) is 7.05 Å². The van der Waals surface area contributed by atoms with Gasteiger partial charge in [-0.05, 0) is 60.0 Å². The number of pyridine rings is 1. The van der Waals surface area contributed by atoms with Crippen LogP contribution >= 0.6 is 23.2 Å². The minimum atomic E-state index is 0.299. The van der Waals surface area contributed by atoms with E-state index >= 15 is 0 Å². The number of nitrogens with zero attached hydrogens (tertiary/aromatic N) is 4. The van der Waals surface area contributed by atoms with Gasteiger partial charge in [-0.3, -0.25) is 15.0 Å². The fourth-order valence-corrected chi connectivity index (χ4v) is 4.33. The van der Waals surface area contributed by atoms with Gasteiger partial charge in [0.2, 0.25) is 5.62 Å². The van der Waals surface area contributed by atoms with Crippen molar-refractivity contribution in [3.05, 3.63) is 87.6 Å². The number of halogens is 2. The van der Waals surface area contributed by atoms with Crippen molar-refractivity contribution in [1.29, 1.82) is 10.7 Å². The van der Waals surface area contributed by atoms with Crippen LogP contribution in [0.15, 0.2) is 60.8 Å². The minimum absolute atomic E-state index is 0.299. The Morgan fingerprint density at radius 3 is 2.47 bits per heavy atom. The van der Waals surface area contributed by atoms with Crippen molar-refractivity contribution in [2.75, 3.05) is 0 Å². The van der Waals surface area contributed by atoms with Gasteiger partial charge in [-0.15, -0.1) is 0 Å². The Hall–Kier alpha value is -3.59. The quantitative estimate of drug-likeness (QED) is 0.345. The summed E-state index contributed by atoms with van der Waals surface area (Å²) in [7, 11) is 1.85. The number of hydrogen-bond acceptors (Lipinski definition) is 3. The highest BCUT2D eigenvalue weighted by atomic mass is 35.5. The zero-order valence-corrected chi connectivity index (χ0v) is 18.8. The summed E-state index contributed by atoms with van der Waals surface area (Å²) < 4.78 is 3.68. The molecule has 156 valence electrons. The molecule has 0 amide bonds. The summed E-state index contributed by atoms with van der Waals surface area (Å²) in [5, 5.41) is 20.1. The maximum atomic E-state index is 9.42. The summed E-state index contributed by atoms with van der Waals surface area (Å²) in [6.07, 6.45) is 1.79. The van der Waals surface area contributed by atoms with Gasteiger partial charge < -0.3 is 4.57 Å². The van der Waals surface area contributed by atoms with E-state index in [1.807, 2.05) is 54.9 Å². The van der Waals surface area contributed by atoms with Gasteiger partial charge in [-0.25, -0.2) is 0 Å². The summed E-state index contributed by atoms with van der Waals surface area (Å²) in [5.41, 5.74) is 7.03. The second kappa shape index (κ2) is 7.52. The molecule has 0 aliphatic rings. The van der Waals surface area contributed by atoms with E-state index in [1.165, 1.54) is 0 Å². The molecule has 5 aromatic rings. The van der Waals surface area contributed by atoms with Crippen LogP contribution in [0.1, 0.15) is 11.1 Å². The standard InChI is InChI=1S/C25H17Cl2N5/c1-14-3-4-15(12-28)9-22(14)32-24-18-10-16(17-5-7-19(26)20(27)11-17)6-8-21(18)30-13-23(24)31(2)25(32)29/h3-11,13,29H,1-2H3. The molecule has 0 fully saturated rings. The SMILES string of the molecule is Cc1ccc(C#N)cc1-n1c(=N)n(C)c2cnc3ccc(-c4ccc(Cl)c(Cl)c4)cc3c21.